The number of carbonyl (C=O) groups excluding carboxylic acids is 2. The Morgan fingerprint density at radius 1 is 0.722 bits per heavy atom. The minimum atomic E-state index is -0.398. The largest absolute Gasteiger partial charge is 0.331 e. The van der Waals surface area contributed by atoms with Gasteiger partial charge < -0.3 is 9.68 Å². The fourth-order valence-electron chi connectivity index (χ4n) is 5.20. The topological polar surface area (TPSA) is 77.3 Å². The second kappa shape index (κ2) is 13.3. The second-order valence-electron chi connectivity index (χ2n) is 9.95. The van der Waals surface area contributed by atoms with Gasteiger partial charge in [0.2, 0.25) is 0 Å². The van der Waals surface area contributed by atoms with Crippen molar-refractivity contribution in [2.24, 2.45) is 22.1 Å². The fourth-order valence-corrected chi connectivity index (χ4v) is 7.32. The summed E-state index contributed by atoms with van der Waals surface area (Å²) in [5.74, 6) is 0.687. The summed E-state index contributed by atoms with van der Waals surface area (Å²) >= 11 is 3.34. The van der Waals surface area contributed by atoms with Gasteiger partial charge in [-0.05, 0) is 61.8 Å². The lowest BCUT2D eigenvalue weighted by Crippen LogP contribution is -2.05. The first-order valence-electron chi connectivity index (χ1n) is 13.2. The van der Waals surface area contributed by atoms with Gasteiger partial charge in [-0.3, -0.25) is 0 Å². The first kappa shape index (κ1) is 26.7. The van der Waals surface area contributed by atoms with Crippen molar-refractivity contribution in [2.75, 3.05) is 0 Å². The lowest BCUT2D eigenvalue weighted by Gasteiger charge is -2.09. The molecule has 0 N–H and O–H groups in total. The Balaban J connectivity index is 1.48. The minimum Gasteiger partial charge on any atom is -0.318 e. The first-order valence-corrected chi connectivity index (χ1v) is 14.8. The van der Waals surface area contributed by atoms with Crippen LogP contribution in [0.5, 0.6) is 0 Å². The number of rotatable bonds is 11. The van der Waals surface area contributed by atoms with Crippen molar-refractivity contribution in [3.8, 4) is 9.75 Å². The average Bonchev–Trinajstić information content (AvgIpc) is 3.66. The molecule has 0 saturated heterocycles. The zero-order valence-electron chi connectivity index (χ0n) is 21.3. The van der Waals surface area contributed by atoms with E-state index in [0.29, 0.717) is 0 Å². The highest BCUT2D eigenvalue weighted by molar-refractivity contribution is 7.24. The normalized spacial score (nSPS) is 17.6. The molecule has 194 valence electrons. The number of hydrogen-bond acceptors (Lipinski definition) is 8. The van der Waals surface area contributed by atoms with E-state index >= 15 is 0 Å². The maximum Gasteiger partial charge on any atom is 0.331 e. The Kier molecular flexibility index (Phi) is 9.87. The van der Waals surface area contributed by atoms with E-state index in [-0.39, 0.29) is 0 Å². The first-order chi connectivity index (χ1) is 17.5. The van der Waals surface area contributed by atoms with Gasteiger partial charge in [-0.1, -0.05) is 61.7 Å². The molecule has 0 aliphatic heterocycles. The van der Waals surface area contributed by atoms with Crippen molar-refractivity contribution in [1.29, 1.82) is 0 Å². The molecule has 2 aliphatic rings. The van der Waals surface area contributed by atoms with Crippen LogP contribution in [0.2, 0.25) is 0 Å². The third-order valence-corrected chi connectivity index (χ3v) is 9.59. The van der Waals surface area contributed by atoms with E-state index < -0.39 is 11.9 Å². The Morgan fingerprint density at radius 3 is 1.47 bits per heavy atom. The summed E-state index contributed by atoms with van der Waals surface area (Å²) in [7, 11) is 0. The molecule has 2 aromatic rings. The molecule has 2 saturated carbocycles. The lowest BCUT2D eigenvalue weighted by atomic mass is 9.99. The Bertz CT molecular complexity index is 1000. The molecule has 8 heteroatoms. The van der Waals surface area contributed by atoms with Gasteiger partial charge in [0, 0.05) is 23.6 Å². The van der Waals surface area contributed by atoms with Gasteiger partial charge in [0.1, 0.15) is 0 Å². The van der Waals surface area contributed by atoms with Crippen molar-refractivity contribution in [1.82, 2.24) is 0 Å². The van der Waals surface area contributed by atoms with Gasteiger partial charge >= 0.3 is 11.9 Å². The molecule has 4 rings (SSSR count). The van der Waals surface area contributed by atoms with Crippen molar-refractivity contribution < 1.29 is 19.3 Å². The van der Waals surface area contributed by atoms with E-state index in [1.807, 2.05) is 0 Å². The second-order valence-corrected chi connectivity index (χ2v) is 12.1. The van der Waals surface area contributed by atoms with Crippen molar-refractivity contribution in [3.63, 3.8) is 0 Å². The molecular formula is C28H36N2O4S2. The highest BCUT2D eigenvalue weighted by Crippen LogP contribution is 2.37. The average molecular weight is 529 g/mol. The minimum absolute atomic E-state index is 0.398. The van der Waals surface area contributed by atoms with Crippen LogP contribution in [0, 0.1) is 11.8 Å². The zero-order valence-corrected chi connectivity index (χ0v) is 22.9. The van der Waals surface area contributed by atoms with Crippen LogP contribution in [0.1, 0.15) is 101 Å². The van der Waals surface area contributed by atoms with E-state index in [1.54, 1.807) is 22.7 Å². The predicted molar refractivity (Wildman–Crippen MR) is 147 cm³/mol. The van der Waals surface area contributed by atoms with E-state index in [2.05, 4.69) is 34.6 Å². The molecule has 0 spiro atoms. The van der Waals surface area contributed by atoms with Crippen molar-refractivity contribution in [3.05, 3.63) is 34.0 Å². The van der Waals surface area contributed by atoms with E-state index in [9.17, 15) is 9.59 Å². The summed E-state index contributed by atoms with van der Waals surface area (Å²) in [5.41, 5.74) is 1.69. The SMILES string of the molecule is CC(=O)O/N=C(/CCC1CCCC1)c1ccc(-c2ccc(/C(CCC3CCCC3)=N/OC(C)=O)s2)s1. The Morgan fingerprint density at radius 2 is 1.11 bits per heavy atom. The number of nitrogens with zero attached hydrogens (tertiary/aromatic N) is 2. The maximum absolute atomic E-state index is 11.4. The van der Waals surface area contributed by atoms with Gasteiger partial charge in [-0.15, -0.1) is 22.7 Å². The van der Waals surface area contributed by atoms with Crippen LogP contribution >= 0.6 is 22.7 Å². The van der Waals surface area contributed by atoms with Crippen LogP contribution in [0.4, 0.5) is 0 Å². The molecule has 6 nitrogen and oxygen atoms in total. The molecule has 0 aromatic carbocycles. The molecule has 0 amide bonds. The molecule has 0 atom stereocenters. The standard InChI is InChI=1S/C28H36N2O4S2/c1-19(31)33-29-23(13-11-21-7-3-4-8-21)25-15-17-27(35-25)28-18-16-26(36-28)24(30-34-20(2)32)14-12-22-9-5-6-10-22/h15-18,21-22H,3-14H2,1-2H3/b29-23-,30-24+. The number of oxime groups is 2. The number of thiophene rings is 2. The van der Waals surface area contributed by atoms with Gasteiger partial charge in [0.25, 0.3) is 0 Å². The molecule has 2 aromatic heterocycles. The molecule has 36 heavy (non-hydrogen) atoms. The highest BCUT2D eigenvalue weighted by atomic mass is 32.1. The summed E-state index contributed by atoms with van der Waals surface area (Å²) in [5, 5.41) is 8.42. The Hall–Kier alpha value is -2.32. The van der Waals surface area contributed by atoms with Crippen LogP contribution in [-0.4, -0.2) is 23.4 Å². The highest BCUT2D eigenvalue weighted by Gasteiger charge is 2.20. The van der Waals surface area contributed by atoms with E-state index in [0.717, 1.165) is 68.5 Å². The zero-order chi connectivity index (χ0) is 25.3. The van der Waals surface area contributed by atoms with Crippen LogP contribution < -0.4 is 0 Å². The molecular weight excluding hydrogens is 492 g/mol. The number of carbonyl (C=O) groups is 2. The van der Waals surface area contributed by atoms with Gasteiger partial charge in [0.15, 0.2) is 0 Å². The molecule has 0 bridgehead atoms. The lowest BCUT2D eigenvalue weighted by molar-refractivity contribution is -0.141. The van der Waals surface area contributed by atoms with Gasteiger partial charge in [-0.2, -0.15) is 0 Å². The monoisotopic (exact) mass is 528 g/mol. The van der Waals surface area contributed by atoms with Crippen molar-refractivity contribution >= 4 is 46.0 Å². The summed E-state index contributed by atoms with van der Waals surface area (Å²) in [6.45, 7) is 2.76. The summed E-state index contributed by atoms with van der Waals surface area (Å²) < 4.78 is 0. The van der Waals surface area contributed by atoms with Crippen LogP contribution in [0.25, 0.3) is 9.75 Å². The molecule has 2 aliphatic carbocycles. The smallest absolute Gasteiger partial charge is 0.318 e. The molecule has 2 heterocycles. The third-order valence-electron chi connectivity index (χ3n) is 7.12. The Labute approximate surface area is 221 Å². The van der Waals surface area contributed by atoms with E-state index in [1.165, 1.54) is 65.2 Å². The summed E-state index contributed by atoms with van der Waals surface area (Å²) in [6, 6.07) is 8.36. The quantitative estimate of drug-likeness (QED) is 0.168. The predicted octanol–water partition coefficient (Wildman–Crippen LogP) is 7.95. The third kappa shape index (κ3) is 7.84. The molecule has 0 unspecified atom stereocenters. The maximum atomic E-state index is 11.4. The van der Waals surface area contributed by atoms with Gasteiger partial charge in [0.05, 0.1) is 21.2 Å². The van der Waals surface area contributed by atoms with Crippen LogP contribution in [0.15, 0.2) is 34.6 Å². The molecule has 2 fully saturated rings. The number of hydrogen-bond donors (Lipinski definition) is 0. The van der Waals surface area contributed by atoms with Gasteiger partial charge in [-0.25, -0.2) is 9.59 Å². The summed E-state index contributed by atoms with van der Waals surface area (Å²) in [4.78, 5) is 37.2. The van der Waals surface area contributed by atoms with Crippen LogP contribution in [-0.2, 0) is 19.3 Å². The van der Waals surface area contributed by atoms with Crippen molar-refractivity contribution in [2.45, 2.75) is 90.9 Å². The van der Waals surface area contributed by atoms with Crippen LogP contribution in [0.3, 0.4) is 0 Å². The fraction of sp³-hybridized carbons (Fsp3) is 0.571. The van der Waals surface area contributed by atoms with E-state index in [4.69, 9.17) is 9.68 Å². The summed E-state index contributed by atoms with van der Waals surface area (Å²) in [6.07, 6.45) is 14.2. The molecule has 0 radical (unpaired) electrons.